The van der Waals surface area contributed by atoms with Crippen molar-refractivity contribution in [3.8, 4) is 0 Å². The molecule has 2 rings (SSSR count). The van der Waals surface area contributed by atoms with Gasteiger partial charge in [0.25, 0.3) is 0 Å². The zero-order valence-corrected chi connectivity index (χ0v) is 12.7. The second kappa shape index (κ2) is 6.35. The molecule has 2 aromatic carbocycles. The van der Waals surface area contributed by atoms with Gasteiger partial charge in [0.1, 0.15) is 5.82 Å². The van der Waals surface area contributed by atoms with Gasteiger partial charge in [-0.25, -0.2) is 4.39 Å². The summed E-state index contributed by atoms with van der Waals surface area (Å²) in [6.07, 6.45) is 0. The first-order valence-corrected chi connectivity index (χ1v) is 7.62. The van der Waals surface area contributed by atoms with Crippen molar-refractivity contribution < 1.29 is 9.18 Å². The maximum absolute atomic E-state index is 13.7. The third kappa shape index (κ3) is 3.45. The highest BCUT2D eigenvalue weighted by molar-refractivity contribution is 9.10. The Hall–Kier alpha value is -1.13. The molecule has 0 spiro atoms. The fourth-order valence-electron chi connectivity index (χ4n) is 1.70. The van der Waals surface area contributed by atoms with Gasteiger partial charge in [-0.15, -0.1) is 11.8 Å². The van der Waals surface area contributed by atoms with E-state index in [1.807, 2.05) is 12.1 Å². The summed E-state index contributed by atoms with van der Waals surface area (Å²) in [6, 6.07) is 11.6. The molecule has 98 valence electrons. The molecule has 0 atom stereocenters. The monoisotopic (exact) mass is 338 g/mol. The number of halogens is 2. The minimum absolute atomic E-state index is 0.0882. The number of carbonyl (C=O) groups excluding carboxylic acids is 1. The molecule has 19 heavy (non-hydrogen) atoms. The zero-order valence-electron chi connectivity index (χ0n) is 10.3. The van der Waals surface area contributed by atoms with Crippen molar-refractivity contribution in [2.45, 2.75) is 11.8 Å². The van der Waals surface area contributed by atoms with Crippen LogP contribution in [0.4, 0.5) is 4.39 Å². The van der Waals surface area contributed by atoms with Crippen molar-refractivity contribution in [2.75, 3.05) is 5.75 Å². The molecule has 0 aliphatic heterocycles. The van der Waals surface area contributed by atoms with Crippen LogP contribution in [0.25, 0.3) is 0 Å². The molecule has 2 aromatic rings. The molecule has 0 heterocycles. The lowest BCUT2D eigenvalue weighted by Gasteiger charge is -2.05. The summed E-state index contributed by atoms with van der Waals surface area (Å²) in [5.74, 6) is 0.181. The van der Waals surface area contributed by atoms with Crippen LogP contribution in [0.3, 0.4) is 0 Å². The van der Waals surface area contributed by atoms with Crippen molar-refractivity contribution >= 4 is 33.5 Å². The number of ketones is 1. The molecular formula is C15H12BrFOS. The Kier molecular flexibility index (Phi) is 4.77. The van der Waals surface area contributed by atoms with Crippen LogP contribution in [-0.4, -0.2) is 11.5 Å². The summed E-state index contributed by atoms with van der Waals surface area (Å²) >= 11 is 4.95. The van der Waals surface area contributed by atoms with Gasteiger partial charge in [-0.3, -0.25) is 4.79 Å². The Balaban J connectivity index is 2.30. The van der Waals surface area contributed by atoms with E-state index in [1.54, 1.807) is 30.0 Å². The van der Waals surface area contributed by atoms with E-state index < -0.39 is 5.82 Å². The maximum atomic E-state index is 13.7. The topological polar surface area (TPSA) is 17.1 Å². The summed E-state index contributed by atoms with van der Waals surface area (Å²) in [4.78, 5) is 13.3. The maximum Gasteiger partial charge on any atom is 0.196 e. The van der Waals surface area contributed by atoms with Crippen LogP contribution in [0.1, 0.15) is 22.8 Å². The number of hydrogen-bond acceptors (Lipinski definition) is 2. The molecule has 0 radical (unpaired) electrons. The Morgan fingerprint density at radius 2 is 1.89 bits per heavy atom. The minimum Gasteiger partial charge on any atom is -0.288 e. The molecule has 4 heteroatoms. The average Bonchev–Trinajstić information content (AvgIpc) is 2.42. The van der Waals surface area contributed by atoms with Gasteiger partial charge in [0.15, 0.2) is 5.78 Å². The normalized spacial score (nSPS) is 10.5. The number of hydrogen-bond donors (Lipinski definition) is 0. The van der Waals surface area contributed by atoms with E-state index in [2.05, 4.69) is 22.9 Å². The molecule has 0 fully saturated rings. The molecular weight excluding hydrogens is 327 g/mol. The third-order valence-electron chi connectivity index (χ3n) is 2.60. The molecule has 0 aromatic heterocycles. The van der Waals surface area contributed by atoms with Crippen LogP contribution in [0.15, 0.2) is 51.8 Å². The predicted octanol–water partition coefficient (Wildman–Crippen LogP) is 4.93. The second-order valence-electron chi connectivity index (χ2n) is 3.91. The standard InChI is InChI=1S/C15H12BrFOS/c1-2-19-12-6-3-10(4-7-12)15(18)13-9-11(16)5-8-14(13)17/h3-9H,2H2,1H3. The summed E-state index contributed by atoms with van der Waals surface area (Å²) in [6.45, 7) is 2.07. The Morgan fingerprint density at radius 3 is 2.53 bits per heavy atom. The number of benzene rings is 2. The molecule has 0 aliphatic carbocycles. The van der Waals surface area contributed by atoms with Gasteiger partial charge in [-0.1, -0.05) is 22.9 Å². The highest BCUT2D eigenvalue weighted by Crippen LogP contribution is 2.21. The van der Waals surface area contributed by atoms with E-state index in [9.17, 15) is 9.18 Å². The van der Waals surface area contributed by atoms with Gasteiger partial charge in [0, 0.05) is 14.9 Å². The fourth-order valence-corrected chi connectivity index (χ4v) is 2.72. The van der Waals surface area contributed by atoms with Crippen molar-refractivity contribution in [3.63, 3.8) is 0 Å². The molecule has 0 amide bonds. The molecule has 0 saturated heterocycles. The van der Waals surface area contributed by atoms with E-state index in [1.165, 1.54) is 12.1 Å². The molecule has 0 saturated carbocycles. The highest BCUT2D eigenvalue weighted by Gasteiger charge is 2.14. The van der Waals surface area contributed by atoms with E-state index in [0.29, 0.717) is 10.0 Å². The van der Waals surface area contributed by atoms with E-state index in [0.717, 1.165) is 10.6 Å². The van der Waals surface area contributed by atoms with Gasteiger partial charge >= 0.3 is 0 Å². The third-order valence-corrected chi connectivity index (χ3v) is 3.99. The minimum atomic E-state index is -0.500. The molecule has 0 aliphatic rings. The number of thioether (sulfide) groups is 1. The average molecular weight is 339 g/mol. The first kappa shape index (κ1) is 14.3. The summed E-state index contributed by atoms with van der Waals surface area (Å²) in [7, 11) is 0. The lowest BCUT2D eigenvalue weighted by atomic mass is 10.0. The first-order chi connectivity index (χ1) is 9.11. The van der Waals surface area contributed by atoms with Gasteiger partial charge in [0.05, 0.1) is 5.56 Å². The van der Waals surface area contributed by atoms with Gasteiger partial charge < -0.3 is 0 Å². The van der Waals surface area contributed by atoms with Crippen LogP contribution in [0.2, 0.25) is 0 Å². The predicted molar refractivity (Wildman–Crippen MR) is 80.4 cm³/mol. The lowest BCUT2D eigenvalue weighted by Crippen LogP contribution is -2.04. The Morgan fingerprint density at radius 1 is 1.21 bits per heavy atom. The summed E-state index contributed by atoms with van der Waals surface area (Å²) in [5.41, 5.74) is 0.586. The van der Waals surface area contributed by atoms with E-state index in [-0.39, 0.29) is 11.3 Å². The van der Waals surface area contributed by atoms with Crippen LogP contribution < -0.4 is 0 Å². The quantitative estimate of drug-likeness (QED) is 0.580. The van der Waals surface area contributed by atoms with Crippen LogP contribution >= 0.6 is 27.7 Å². The molecule has 0 unspecified atom stereocenters. The van der Waals surface area contributed by atoms with Crippen molar-refractivity contribution in [1.82, 2.24) is 0 Å². The highest BCUT2D eigenvalue weighted by atomic mass is 79.9. The Labute approximate surface area is 124 Å². The van der Waals surface area contributed by atoms with Crippen molar-refractivity contribution in [2.24, 2.45) is 0 Å². The summed E-state index contributed by atoms with van der Waals surface area (Å²) in [5, 5.41) is 0. The number of carbonyl (C=O) groups is 1. The molecule has 1 nitrogen and oxygen atoms in total. The number of rotatable bonds is 4. The molecule has 0 N–H and O–H groups in total. The van der Waals surface area contributed by atoms with E-state index >= 15 is 0 Å². The first-order valence-electron chi connectivity index (χ1n) is 5.84. The van der Waals surface area contributed by atoms with E-state index in [4.69, 9.17) is 0 Å². The van der Waals surface area contributed by atoms with Crippen LogP contribution in [-0.2, 0) is 0 Å². The SMILES string of the molecule is CCSc1ccc(C(=O)c2cc(Br)ccc2F)cc1. The summed E-state index contributed by atoms with van der Waals surface area (Å²) < 4.78 is 14.4. The van der Waals surface area contributed by atoms with Crippen molar-refractivity contribution in [1.29, 1.82) is 0 Å². The van der Waals surface area contributed by atoms with Crippen molar-refractivity contribution in [3.05, 3.63) is 63.9 Å². The van der Waals surface area contributed by atoms with Gasteiger partial charge in [-0.2, -0.15) is 0 Å². The zero-order chi connectivity index (χ0) is 13.8. The lowest BCUT2D eigenvalue weighted by molar-refractivity contribution is 0.103. The fraction of sp³-hybridized carbons (Fsp3) is 0.133. The van der Waals surface area contributed by atoms with Crippen LogP contribution in [0, 0.1) is 5.82 Å². The van der Waals surface area contributed by atoms with Gasteiger partial charge in [0.2, 0.25) is 0 Å². The second-order valence-corrected chi connectivity index (χ2v) is 6.16. The molecule has 0 bridgehead atoms. The van der Waals surface area contributed by atoms with Crippen LogP contribution in [0.5, 0.6) is 0 Å². The Bertz CT molecular complexity index is 596. The largest absolute Gasteiger partial charge is 0.288 e. The smallest absolute Gasteiger partial charge is 0.196 e. The van der Waals surface area contributed by atoms with Gasteiger partial charge in [-0.05, 0) is 48.2 Å².